The van der Waals surface area contributed by atoms with Crippen LogP contribution in [0, 0.1) is 6.57 Å². The first-order valence-electron chi connectivity index (χ1n) is 3.57. The average Bonchev–Trinajstić information content (AvgIpc) is 1.97. The second-order valence-electron chi connectivity index (χ2n) is 3.26. The summed E-state index contributed by atoms with van der Waals surface area (Å²) in [6.07, 6.45) is 0.998. The molecule has 0 atom stereocenters. The highest BCUT2D eigenvalue weighted by Gasteiger charge is 2.38. The minimum atomic E-state index is -2.81. The highest BCUT2D eigenvalue weighted by molar-refractivity contribution is 7.91. The Morgan fingerprint density at radius 1 is 1.36 bits per heavy atom. The molecule has 0 aromatic heterocycles. The topological polar surface area (TPSA) is 38.5 Å². The fourth-order valence-electron chi connectivity index (χ4n) is 1.09. The highest BCUT2D eigenvalue weighted by atomic mass is 32.2. The molecular weight excluding hydrogens is 162 g/mol. The van der Waals surface area contributed by atoms with Gasteiger partial charge in [-0.3, -0.25) is 0 Å². The highest BCUT2D eigenvalue weighted by Crippen LogP contribution is 2.26. The summed E-state index contributed by atoms with van der Waals surface area (Å²) in [6, 6.07) is 0. The molecule has 1 fully saturated rings. The molecular formula is C7H11NO2S. The molecule has 0 aliphatic carbocycles. The van der Waals surface area contributed by atoms with Gasteiger partial charge in [0.15, 0.2) is 9.84 Å². The van der Waals surface area contributed by atoms with E-state index in [0.717, 1.165) is 0 Å². The molecule has 0 amide bonds. The molecule has 0 saturated carbocycles. The standard InChI is InChI=1S/C7H11NO2S/c1-7(8-2)3-5-11(9,10)6-4-7/h3-6H2,1H3. The van der Waals surface area contributed by atoms with Crippen LogP contribution in [0.25, 0.3) is 4.85 Å². The zero-order valence-corrected chi connectivity index (χ0v) is 7.32. The Bertz CT molecular complexity index is 272. The zero-order valence-electron chi connectivity index (χ0n) is 6.50. The molecule has 0 spiro atoms. The Morgan fingerprint density at radius 2 is 1.82 bits per heavy atom. The molecule has 1 aliphatic rings. The van der Waals surface area contributed by atoms with Crippen LogP contribution in [0.2, 0.25) is 0 Å². The first-order chi connectivity index (χ1) is 4.97. The van der Waals surface area contributed by atoms with Gasteiger partial charge in [0.2, 0.25) is 5.54 Å². The van der Waals surface area contributed by atoms with E-state index >= 15 is 0 Å². The Labute approximate surface area is 67.2 Å². The van der Waals surface area contributed by atoms with E-state index in [4.69, 9.17) is 6.57 Å². The third-order valence-electron chi connectivity index (χ3n) is 2.17. The Balaban J connectivity index is 2.71. The summed E-state index contributed by atoms with van der Waals surface area (Å²) >= 11 is 0. The lowest BCUT2D eigenvalue weighted by atomic mass is 9.96. The van der Waals surface area contributed by atoms with Gasteiger partial charge in [-0.05, 0) is 0 Å². The smallest absolute Gasteiger partial charge is 0.231 e. The number of nitrogens with zero attached hydrogens (tertiary/aromatic N) is 1. The van der Waals surface area contributed by atoms with Crippen LogP contribution in [0.15, 0.2) is 0 Å². The molecule has 11 heavy (non-hydrogen) atoms. The van der Waals surface area contributed by atoms with Crippen molar-refractivity contribution in [3.8, 4) is 0 Å². The minimum Gasteiger partial charge on any atom is -0.311 e. The molecule has 62 valence electrons. The Kier molecular flexibility index (Phi) is 1.93. The van der Waals surface area contributed by atoms with E-state index in [1.807, 2.05) is 6.92 Å². The molecule has 1 aliphatic heterocycles. The van der Waals surface area contributed by atoms with Crippen molar-refractivity contribution in [3.63, 3.8) is 0 Å². The van der Waals surface area contributed by atoms with Crippen LogP contribution < -0.4 is 0 Å². The van der Waals surface area contributed by atoms with Crippen molar-refractivity contribution < 1.29 is 8.42 Å². The first-order valence-corrected chi connectivity index (χ1v) is 5.39. The lowest BCUT2D eigenvalue weighted by Gasteiger charge is -2.21. The molecule has 0 radical (unpaired) electrons. The average molecular weight is 173 g/mol. The van der Waals surface area contributed by atoms with Crippen LogP contribution in [-0.4, -0.2) is 25.5 Å². The molecule has 1 saturated heterocycles. The van der Waals surface area contributed by atoms with Gasteiger partial charge in [0.25, 0.3) is 0 Å². The molecule has 1 heterocycles. The van der Waals surface area contributed by atoms with Crippen molar-refractivity contribution in [2.24, 2.45) is 0 Å². The van der Waals surface area contributed by atoms with Crippen LogP contribution in [0.1, 0.15) is 19.8 Å². The van der Waals surface area contributed by atoms with Crippen LogP contribution in [0.4, 0.5) is 0 Å². The van der Waals surface area contributed by atoms with Crippen molar-refractivity contribution in [3.05, 3.63) is 11.4 Å². The normalized spacial score (nSPS) is 27.3. The van der Waals surface area contributed by atoms with Gasteiger partial charge in [0.1, 0.15) is 0 Å². The molecule has 3 nitrogen and oxygen atoms in total. The third kappa shape index (κ3) is 1.93. The monoisotopic (exact) mass is 173 g/mol. The van der Waals surface area contributed by atoms with Crippen LogP contribution in [0.3, 0.4) is 0 Å². The molecule has 0 N–H and O–H groups in total. The van der Waals surface area contributed by atoms with Gasteiger partial charge in [-0.15, -0.1) is 0 Å². The van der Waals surface area contributed by atoms with Crippen LogP contribution in [-0.2, 0) is 9.84 Å². The van der Waals surface area contributed by atoms with Gasteiger partial charge in [-0.1, -0.05) is 0 Å². The number of hydrogen-bond acceptors (Lipinski definition) is 2. The van der Waals surface area contributed by atoms with E-state index in [2.05, 4.69) is 4.85 Å². The SMILES string of the molecule is [C-]#[N+]C1(C)CCS(=O)(=O)CC1. The predicted octanol–water partition coefficient (Wildman–Crippen LogP) is 0.873. The summed E-state index contributed by atoms with van der Waals surface area (Å²) in [6.45, 7) is 8.68. The molecule has 1 rings (SSSR count). The molecule has 0 aromatic rings. The minimum absolute atomic E-state index is 0.186. The maximum absolute atomic E-state index is 11.0. The number of rotatable bonds is 0. The van der Waals surface area contributed by atoms with Crippen molar-refractivity contribution in [1.82, 2.24) is 0 Å². The fraction of sp³-hybridized carbons (Fsp3) is 0.857. The Morgan fingerprint density at radius 3 is 2.18 bits per heavy atom. The summed E-state index contributed by atoms with van der Waals surface area (Å²) < 4.78 is 21.9. The van der Waals surface area contributed by atoms with Crippen molar-refractivity contribution in [1.29, 1.82) is 0 Å². The van der Waals surface area contributed by atoms with Gasteiger partial charge >= 0.3 is 0 Å². The van der Waals surface area contributed by atoms with Crippen molar-refractivity contribution >= 4 is 9.84 Å². The van der Waals surface area contributed by atoms with Crippen LogP contribution in [0.5, 0.6) is 0 Å². The van der Waals surface area contributed by atoms with E-state index in [9.17, 15) is 8.42 Å². The predicted molar refractivity (Wildman–Crippen MR) is 42.9 cm³/mol. The van der Waals surface area contributed by atoms with Crippen molar-refractivity contribution in [2.75, 3.05) is 11.5 Å². The van der Waals surface area contributed by atoms with Crippen molar-refractivity contribution in [2.45, 2.75) is 25.3 Å². The second kappa shape index (κ2) is 2.49. The largest absolute Gasteiger partial charge is 0.311 e. The summed E-state index contributed by atoms with van der Waals surface area (Å²) in [5, 5.41) is 0. The van der Waals surface area contributed by atoms with Gasteiger partial charge < -0.3 is 4.85 Å². The summed E-state index contributed by atoms with van der Waals surface area (Å²) in [5.41, 5.74) is -0.411. The second-order valence-corrected chi connectivity index (χ2v) is 5.56. The van der Waals surface area contributed by atoms with Gasteiger partial charge in [-0.25, -0.2) is 15.0 Å². The van der Waals surface area contributed by atoms with Crippen LogP contribution >= 0.6 is 0 Å². The molecule has 0 bridgehead atoms. The van der Waals surface area contributed by atoms with E-state index in [1.165, 1.54) is 0 Å². The molecule has 4 heteroatoms. The van der Waals surface area contributed by atoms with E-state index < -0.39 is 15.4 Å². The van der Waals surface area contributed by atoms with E-state index in [0.29, 0.717) is 12.8 Å². The number of hydrogen-bond donors (Lipinski definition) is 0. The lowest BCUT2D eigenvalue weighted by molar-refractivity contribution is 0.482. The molecule has 0 unspecified atom stereocenters. The summed E-state index contributed by atoms with van der Waals surface area (Å²) in [4.78, 5) is 3.43. The summed E-state index contributed by atoms with van der Waals surface area (Å²) in [5.74, 6) is 0.373. The third-order valence-corrected chi connectivity index (χ3v) is 3.83. The van der Waals surface area contributed by atoms with Gasteiger partial charge in [-0.2, -0.15) is 0 Å². The van der Waals surface area contributed by atoms with Gasteiger partial charge in [0.05, 0.1) is 11.5 Å². The quantitative estimate of drug-likeness (QED) is 0.510. The van der Waals surface area contributed by atoms with E-state index in [1.54, 1.807) is 0 Å². The lowest BCUT2D eigenvalue weighted by Crippen LogP contribution is -2.33. The first kappa shape index (κ1) is 8.54. The fourth-order valence-corrected chi connectivity index (χ4v) is 2.80. The Hall–Kier alpha value is -0.560. The van der Waals surface area contributed by atoms with Gasteiger partial charge in [0, 0.05) is 19.8 Å². The number of sulfone groups is 1. The zero-order chi connectivity index (χ0) is 8.54. The maximum atomic E-state index is 11.0. The maximum Gasteiger partial charge on any atom is 0.231 e. The summed E-state index contributed by atoms with van der Waals surface area (Å²) in [7, 11) is -2.81. The molecule has 0 aromatic carbocycles. The van der Waals surface area contributed by atoms with E-state index in [-0.39, 0.29) is 11.5 Å².